The second-order valence-corrected chi connectivity index (χ2v) is 5.86. The molecule has 0 radical (unpaired) electrons. The van der Waals surface area contributed by atoms with Crippen LogP contribution in [0.25, 0.3) is 0 Å². The predicted octanol–water partition coefficient (Wildman–Crippen LogP) is 0.750. The van der Waals surface area contributed by atoms with Crippen LogP contribution in [0.15, 0.2) is 4.99 Å². The van der Waals surface area contributed by atoms with Crippen molar-refractivity contribution in [3.63, 3.8) is 0 Å². The molecule has 2 N–H and O–H groups in total. The molecular formula is C16H34IN5O2. The first-order chi connectivity index (χ1) is 11.2. The number of aliphatic imine (C=N–C) groups is 1. The minimum atomic E-state index is 0. The topological polar surface area (TPSA) is 69.2 Å². The molecule has 24 heavy (non-hydrogen) atoms. The van der Waals surface area contributed by atoms with E-state index in [1.54, 1.807) is 7.11 Å². The molecule has 0 aromatic heterocycles. The van der Waals surface area contributed by atoms with Crippen LogP contribution >= 0.6 is 24.0 Å². The Morgan fingerprint density at radius 2 is 1.96 bits per heavy atom. The van der Waals surface area contributed by atoms with Gasteiger partial charge in [-0.05, 0) is 39.8 Å². The van der Waals surface area contributed by atoms with Crippen molar-refractivity contribution >= 4 is 35.8 Å². The average Bonchev–Trinajstić information content (AvgIpc) is 3.08. The Hall–Kier alpha value is -0.610. The average molecular weight is 455 g/mol. The maximum atomic E-state index is 12.0. The Morgan fingerprint density at radius 1 is 1.25 bits per heavy atom. The fraction of sp³-hybridized carbons (Fsp3) is 0.875. The molecule has 0 spiro atoms. The summed E-state index contributed by atoms with van der Waals surface area (Å²) in [5, 5.41) is 6.47. The van der Waals surface area contributed by atoms with Gasteiger partial charge in [0.2, 0.25) is 5.91 Å². The molecule has 1 aliphatic heterocycles. The second kappa shape index (κ2) is 14.7. The quantitative estimate of drug-likeness (QED) is 0.220. The fourth-order valence-electron chi connectivity index (χ4n) is 2.47. The molecule has 8 heteroatoms. The number of carbonyl (C=O) groups excluding carboxylic acids is 1. The number of hydrogen-bond donors (Lipinski definition) is 2. The first kappa shape index (κ1) is 23.4. The van der Waals surface area contributed by atoms with Crippen molar-refractivity contribution in [1.82, 2.24) is 20.4 Å². The van der Waals surface area contributed by atoms with E-state index in [0.717, 1.165) is 71.1 Å². The highest BCUT2D eigenvalue weighted by molar-refractivity contribution is 14.0. The molecule has 1 amide bonds. The van der Waals surface area contributed by atoms with Crippen LogP contribution in [-0.2, 0) is 9.53 Å². The summed E-state index contributed by atoms with van der Waals surface area (Å²) in [6.45, 7) is 8.34. The van der Waals surface area contributed by atoms with E-state index < -0.39 is 0 Å². The monoisotopic (exact) mass is 455 g/mol. The van der Waals surface area contributed by atoms with Crippen LogP contribution in [-0.4, -0.2) is 88.2 Å². The van der Waals surface area contributed by atoms with E-state index >= 15 is 0 Å². The molecule has 0 bridgehead atoms. The van der Waals surface area contributed by atoms with Crippen molar-refractivity contribution in [2.24, 2.45) is 4.99 Å². The number of nitrogens with zero attached hydrogens (tertiary/aromatic N) is 3. The Morgan fingerprint density at radius 3 is 2.58 bits per heavy atom. The number of likely N-dealkylation sites (N-methyl/N-ethyl adjacent to an activating group) is 1. The fourth-order valence-corrected chi connectivity index (χ4v) is 2.47. The van der Waals surface area contributed by atoms with E-state index in [2.05, 4.69) is 27.6 Å². The molecule has 1 aliphatic rings. The maximum Gasteiger partial charge on any atom is 0.244 e. The van der Waals surface area contributed by atoms with Crippen molar-refractivity contribution in [3.05, 3.63) is 0 Å². The van der Waals surface area contributed by atoms with Crippen LogP contribution in [0.2, 0.25) is 0 Å². The number of rotatable bonds is 10. The van der Waals surface area contributed by atoms with Gasteiger partial charge in [-0.15, -0.1) is 24.0 Å². The lowest BCUT2D eigenvalue weighted by Crippen LogP contribution is -2.40. The zero-order valence-corrected chi connectivity index (χ0v) is 17.7. The minimum Gasteiger partial charge on any atom is -0.383 e. The van der Waals surface area contributed by atoms with E-state index in [1.807, 2.05) is 11.8 Å². The first-order valence-corrected chi connectivity index (χ1v) is 8.64. The van der Waals surface area contributed by atoms with Crippen LogP contribution in [0.5, 0.6) is 0 Å². The Kier molecular flexibility index (Phi) is 14.3. The molecule has 0 aromatic carbocycles. The summed E-state index contributed by atoms with van der Waals surface area (Å²) >= 11 is 0. The third kappa shape index (κ3) is 10.3. The molecule has 0 unspecified atom stereocenters. The van der Waals surface area contributed by atoms with Crippen molar-refractivity contribution in [1.29, 1.82) is 0 Å². The lowest BCUT2D eigenvalue weighted by Gasteiger charge is -2.17. The highest BCUT2D eigenvalue weighted by Crippen LogP contribution is 2.07. The molecule has 0 atom stereocenters. The summed E-state index contributed by atoms with van der Waals surface area (Å²) in [5.74, 6) is 0.846. The summed E-state index contributed by atoms with van der Waals surface area (Å²) in [6, 6.07) is 0. The summed E-state index contributed by atoms with van der Waals surface area (Å²) < 4.78 is 5.06. The van der Waals surface area contributed by atoms with E-state index in [-0.39, 0.29) is 36.4 Å². The molecule has 1 rings (SSSR count). The number of halogens is 1. The molecule has 1 fully saturated rings. The maximum absolute atomic E-state index is 12.0. The lowest BCUT2D eigenvalue weighted by molar-refractivity contribution is -0.128. The lowest BCUT2D eigenvalue weighted by atomic mass is 10.4. The van der Waals surface area contributed by atoms with Gasteiger partial charge in [0, 0.05) is 39.8 Å². The molecule has 1 heterocycles. The summed E-state index contributed by atoms with van der Waals surface area (Å²) in [4.78, 5) is 20.6. The normalized spacial score (nSPS) is 14.7. The van der Waals surface area contributed by atoms with Gasteiger partial charge in [-0.1, -0.05) is 0 Å². The van der Waals surface area contributed by atoms with Gasteiger partial charge in [0.15, 0.2) is 5.96 Å². The number of carbonyl (C=O) groups is 1. The molecular weight excluding hydrogens is 421 g/mol. The number of hydrogen-bond acceptors (Lipinski definition) is 4. The van der Waals surface area contributed by atoms with Gasteiger partial charge in [0.1, 0.15) is 6.54 Å². The van der Waals surface area contributed by atoms with E-state index in [0.29, 0.717) is 0 Å². The smallest absolute Gasteiger partial charge is 0.244 e. The van der Waals surface area contributed by atoms with Crippen LogP contribution in [0, 0.1) is 0 Å². The molecule has 0 aliphatic carbocycles. The number of guanidine groups is 1. The van der Waals surface area contributed by atoms with Crippen molar-refractivity contribution in [3.8, 4) is 0 Å². The van der Waals surface area contributed by atoms with Gasteiger partial charge < -0.3 is 25.2 Å². The summed E-state index contributed by atoms with van der Waals surface area (Å²) in [7, 11) is 3.81. The highest BCUT2D eigenvalue weighted by Gasteiger charge is 2.17. The van der Waals surface area contributed by atoms with E-state index in [4.69, 9.17) is 4.74 Å². The van der Waals surface area contributed by atoms with Gasteiger partial charge in [-0.2, -0.15) is 0 Å². The number of likely N-dealkylation sites (tertiary alicyclic amines) is 1. The Bertz CT molecular complexity index is 362. The number of ether oxygens (including phenoxy) is 1. The number of amides is 1. The first-order valence-electron chi connectivity index (χ1n) is 8.64. The number of nitrogens with one attached hydrogen (secondary N) is 2. The van der Waals surface area contributed by atoms with Crippen LogP contribution in [0.4, 0.5) is 0 Å². The molecule has 142 valence electrons. The highest BCUT2D eigenvalue weighted by atomic mass is 127. The van der Waals surface area contributed by atoms with Crippen LogP contribution in [0.3, 0.4) is 0 Å². The van der Waals surface area contributed by atoms with Gasteiger partial charge in [0.05, 0.1) is 6.61 Å². The van der Waals surface area contributed by atoms with Gasteiger partial charge in [-0.25, -0.2) is 4.99 Å². The third-order valence-electron chi connectivity index (χ3n) is 3.86. The van der Waals surface area contributed by atoms with Gasteiger partial charge in [-0.3, -0.25) is 4.79 Å². The Labute approximate surface area is 163 Å². The third-order valence-corrected chi connectivity index (χ3v) is 3.86. The molecule has 7 nitrogen and oxygen atoms in total. The number of methoxy groups -OCH3 is 1. The molecule has 0 saturated carbocycles. The van der Waals surface area contributed by atoms with Crippen molar-refractivity contribution in [2.45, 2.75) is 26.2 Å². The second-order valence-electron chi connectivity index (χ2n) is 5.86. The summed E-state index contributed by atoms with van der Waals surface area (Å²) in [5.41, 5.74) is 0. The SMILES string of the molecule is CCNC(=NCC(=O)N1CCCC1)NCCCN(C)CCOC.I. The van der Waals surface area contributed by atoms with E-state index in [1.165, 1.54) is 0 Å². The van der Waals surface area contributed by atoms with Crippen molar-refractivity contribution in [2.75, 3.05) is 66.6 Å². The largest absolute Gasteiger partial charge is 0.383 e. The van der Waals surface area contributed by atoms with Crippen LogP contribution in [0.1, 0.15) is 26.2 Å². The molecule has 1 saturated heterocycles. The van der Waals surface area contributed by atoms with E-state index in [9.17, 15) is 4.79 Å². The van der Waals surface area contributed by atoms with Crippen molar-refractivity contribution < 1.29 is 9.53 Å². The minimum absolute atomic E-state index is 0. The van der Waals surface area contributed by atoms with Gasteiger partial charge >= 0.3 is 0 Å². The zero-order valence-electron chi connectivity index (χ0n) is 15.3. The van der Waals surface area contributed by atoms with Crippen LogP contribution < -0.4 is 10.6 Å². The molecule has 0 aromatic rings. The zero-order chi connectivity index (χ0) is 16.9. The summed E-state index contributed by atoms with van der Waals surface area (Å²) in [6.07, 6.45) is 3.25. The predicted molar refractivity (Wildman–Crippen MR) is 109 cm³/mol. The Balaban J connectivity index is 0.00000529. The standard InChI is InChI=1S/C16H33N5O2.HI/c1-4-17-16(18-8-7-9-20(2)12-13-23-3)19-14-15(22)21-10-5-6-11-21;/h4-14H2,1-3H3,(H2,17,18,19);1H. The van der Waals surface area contributed by atoms with Gasteiger partial charge in [0.25, 0.3) is 0 Å².